The Morgan fingerprint density at radius 3 is 2.70 bits per heavy atom. The zero-order valence-corrected chi connectivity index (χ0v) is 26.5. The van der Waals surface area contributed by atoms with Crippen LogP contribution < -0.4 is 30.7 Å². The number of hydrogen-bond donors (Lipinski definition) is 3. The van der Waals surface area contributed by atoms with E-state index < -0.39 is 17.3 Å². The maximum Gasteiger partial charge on any atom is 0.241 e. The molecule has 3 aliphatic rings. The van der Waals surface area contributed by atoms with Gasteiger partial charge in [-0.1, -0.05) is 18.2 Å². The number of benzene rings is 2. The molecule has 47 heavy (non-hydrogen) atoms. The monoisotopic (exact) mass is 636 g/mol. The van der Waals surface area contributed by atoms with Gasteiger partial charge in [-0.2, -0.15) is 5.10 Å². The first-order valence-electron chi connectivity index (χ1n) is 15.8. The highest BCUT2D eigenvalue weighted by Crippen LogP contribution is 2.56. The van der Waals surface area contributed by atoms with Gasteiger partial charge >= 0.3 is 0 Å². The van der Waals surface area contributed by atoms with Gasteiger partial charge in [0.15, 0.2) is 0 Å². The number of rotatable bonds is 9. The number of piperidine rings is 1. The third-order valence-electron chi connectivity index (χ3n) is 9.59. The number of pyridine rings is 1. The van der Waals surface area contributed by atoms with Gasteiger partial charge in [0.25, 0.3) is 0 Å². The van der Waals surface area contributed by atoms with Gasteiger partial charge in [-0.05, 0) is 80.6 Å². The van der Waals surface area contributed by atoms with Crippen LogP contribution in [0.15, 0.2) is 60.8 Å². The molecule has 0 radical (unpaired) electrons. The number of halogens is 1. The summed E-state index contributed by atoms with van der Waals surface area (Å²) in [4.78, 5) is 33.9. The summed E-state index contributed by atoms with van der Waals surface area (Å²) in [6.07, 6.45) is 7.72. The van der Waals surface area contributed by atoms with Gasteiger partial charge in [-0.15, -0.1) is 0 Å². The molecule has 7 rings (SSSR count). The van der Waals surface area contributed by atoms with Gasteiger partial charge in [-0.3, -0.25) is 24.6 Å². The Labute approximate surface area is 271 Å². The van der Waals surface area contributed by atoms with E-state index in [1.165, 1.54) is 13.2 Å². The summed E-state index contributed by atoms with van der Waals surface area (Å²) in [5.41, 5.74) is 2.98. The minimum Gasteiger partial charge on any atom is -0.497 e. The lowest BCUT2D eigenvalue weighted by atomic mass is 9.93. The molecule has 11 heteroatoms. The number of carbonyl (C=O) groups is 2. The predicted molar refractivity (Wildman–Crippen MR) is 175 cm³/mol. The number of H-pyrrole nitrogens is 1. The quantitative estimate of drug-likeness (QED) is 0.258. The highest BCUT2D eigenvalue weighted by atomic mass is 19.1. The normalized spacial score (nSPS) is 22.9. The van der Waals surface area contributed by atoms with Crippen molar-refractivity contribution in [3.8, 4) is 22.8 Å². The van der Waals surface area contributed by atoms with Gasteiger partial charge in [0.1, 0.15) is 17.3 Å². The van der Waals surface area contributed by atoms with Gasteiger partial charge in [-0.25, -0.2) is 4.39 Å². The van der Waals surface area contributed by atoms with Gasteiger partial charge in [0, 0.05) is 53.1 Å². The van der Waals surface area contributed by atoms with Crippen molar-refractivity contribution in [1.82, 2.24) is 25.4 Å². The van der Waals surface area contributed by atoms with E-state index in [1.54, 1.807) is 49.7 Å². The van der Waals surface area contributed by atoms with E-state index in [1.807, 2.05) is 24.0 Å². The van der Waals surface area contributed by atoms with Crippen LogP contribution in [0, 0.1) is 24.1 Å². The zero-order valence-electron chi connectivity index (χ0n) is 26.5. The van der Waals surface area contributed by atoms with Crippen LogP contribution in [0.5, 0.6) is 11.5 Å². The topological polar surface area (TPSA) is 121 Å². The van der Waals surface area contributed by atoms with Crippen molar-refractivity contribution < 1.29 is 23.5 Å². The van der Waals surface area contributed by atoms with E-state index in [0.717, 1.165) is 27.5 Å². The van der Waals surface area contributed by atoms with Crippen LogP contribution in [-0.4, -0.2) is 64.7 Å². The second-order valence-corrected chi connectivity index (χ2v) is 12.6. The Kier molecular flexibility index (Phi) is 8.01. The fourth-order valence-corrected chi connectivity index (χ4v) is 6.95. The number of ether oxygens (including phenoxy) is 2. The molecule has 4 atom stereocenters. The molecule has 2 aromatic carbocycles. The molecule has 1 saturated carbocycles. The number of aromatic amines is 1. The molecule has 3 N–H and O–H groups in total. The van der Waals surface area contributed by atoms with Gasteiger partial charge in [0.05, 0.1) is 36.7 Å². The first-order chi connectivity index (χ1) is 22.8. The molecule has 10 nitrogen and oxygen atoms in total. The molecular formula is C36H37FN6O4. The molecular weight excluding hydrogens is 599 g/mol. The number of anilines is 1. The summed E-state index contributed by atoms with van der Waals surface area (Å²) >= 11 is 0. The second kappa shape index (κ2) is 12.3. The molecule has 0 bridgehead atoms. The second-order valence-electron chi connectivity index (χ2n) is 12.6. The molecule has 3 heterocycles. The number of nitrogens with zero attached hydrogens (tertiary/aromatic N) is 3. The van der Waals surface area contributed by atoms with Crippen LogP contribution in [0.4, 0.5) is 10.1 Å². The van der Waals surface area contributed by atoms with Crippen molar-refractivity contribution in [2.75, 3.05) is 26.1 Å². The van der Waals surface area contributed by atoms with E-state index in [9.17, 15) is 9.59 Å². The molecule has 1 saturated heterocycles. The Bertz CT molecular complexity index is 1960. The standard InChI is InChI=1S/C36H37FN6O4/c1-21-15-22(13-14-38-21)33-27-18-36(17-23(36)16-30(27)41-42-33)35(45)40-25-9-12-31(34(44)39-24-7-10-26(46-2)11-8-24)43(19-25)20-28-29(37)5-4-6-32(28)47-3/h4-8,10-11,13-16,18,23,25,31,41H,9,12,17,19-20H2,1-3H3,(H,39,44)(H,40,45). The summed E-state index contributed by atoms with van der Waals surface area (Å²) in [5, 5.41) is 15.9. The summed E-state index contributed by atoms with van der Waals surface area (Å²) < 4.78 is 25.8. The SMILES string of the molecule is COc1ccc(NC(=O)C2CCC(NC(=O)C34C=c5c(-c6ccnc(C)c6)n[nH]c5=CC3C4)CN2Cc2c(F)cccc2OC)cc1. The summed E-state index contributed by atoms with van der Waals surface area (Å²) in [6, 6.07) is 14.9. The van der Waals surface area contributed by atoms with Crippen molar-refractivity contribution >= 4 is 29.7 Å². The average Bonchev–Trinajstić information content (AvgIpc) is 3.67. The molecule has 1 aliphatic heterocycles. The molecule has 0 spiro atoms. The fourth-order valence-electron chi connectivity index (χ4n) is 6.95. The number of likely N-dealkylation sites (tertiary alicyclic amines) is 1. The van der Waals surface area contributed by atoms with Crippen LogP contribution in [0.3, 0.4) is 0 Å². The maximum absolute atomic E-state index is 15.1. The van der Waals surface area contributed by atoms with Crippen molar-refractivity contribution in [3.63, 3.8) is 0 Å². The largest absolute Gasteiger partial charge is 0.497 e. The van der Waals surface area contributed by atoms with Crippen LogP contribution in [0.1, 0.15) is 30.5 Å². The number of nitrogens with one attached hydrogen (secondary N) is 3. The minimum atomic E-state index is -0.657. The number of fused-ring (bicyclic) bond motifs is 2. The van der Waals surface area contributed by atoms with Gasteiger partial charge < -0.3 is 20.1 Å². The fraction of sp³-hybridized carbons (Fsp3) is 0.333. The number of methoxy groups -OCH3 is 2. The molecule has 4 unspecified atom stereocenters. The Hall–Kier alpha value is -5.03. The highest BCUT2D eigenvalue weighted by Gasteiger charge is 2.58. The van der Waals surface area contributed by atoms with E-state index in [-0.39, 0.29) is 30.3 Å². The minimum absolute atomic E-state index is 0.0444. The highest BCUT2D eigenvalue weighted by molar-refractivity contribution is 5.96. The van der Waals surface area contributed by atoms with Crippen molar-refractivity contribution in [1.29, 1.82) is 0 Å². The molecule has 2 aliphatic carbocycles. The number of carbonyl (C=O) groups excluding carboxylic acids is 2. The predicted octanol–water partition coefficient (Wildman–Crippen LogP) is 3.31. The smallest absolute Gasteiger partial charge is 0.241 e. The summed E-state index contributed by atoms with van der Waals surface area (Å²) in [5.74, 6) is 0.523. The average molecular weight is 637 g/mol. The lowest BCUT2D eigenvalue weighted by Crippen LogP contribution is -2.56. The van der Waals surface area contributed by atoms with Crippen LogP contribution in [-0.2, 0) is 16.1 Å². The lowest BCUT2D eigenvalue weighted by molar-refractivity contribution is -0.126. The summed E-state index contributed by atoms with van der Waals surface area (Å²) in [7, 11) is 3.09. The van der Waals surface area contributed by atoms with Crippen molar-refractivity contribution in [2.45, 2.75) is 44.8 Å². The van der Waals surface area contributed by atoms with E-state index in [2.05, 4.69) is 38.0 Å². The van der Waals surface area contributed by atoms with Crippen LogP contribution >= 0.6 is 0 Å². The summed E-state index contributed by atoms with van der Waals surface area (Å²) in [6.45, 7) is 2.45. The third-order valence-corrected chi connectivity index (χ3v) is 9.59. The van der Waals surface area contributed by atoms with Crippen molar-refractivity contribution in [2.24, 2.45) is 11.3 Å². The maximum atomic E-state index is 15.1. The van der Waals surface area contributed by atoms with Crippen LogP contribution in [0.25, 0.3) is 23.4 Å². The lowest BCUT2D eigenvalue weighted by Gasteiger charge is -2.39. The Morgan fingerprint density at radius 2 is 1.94 bits per heavy atom. The Balaban J connectivity index is 1.12. The number of amides is 2. The Morgan fingerprint density at radius 1 is 1.11 bits per heavy atom. The first-order valence-corrected chi connectivity index (χ1v) is 15.8. The third kappa shape index (κ3) is 5.87. The van der Waals surface area contributed by atoms with E-state index in [4.69, 9.17) is 9.47 Å². The molecule has 2 amide bonds. The molecule has 2 fully saturated rings. The van der Waals surface area contributed by atoms with Gasteiger partial charge in [0.2, 0.25) is 11.8 Å². The molecule has 2 aromatic heterocycles. The van der Waals surface area contributed by atoms with E-state index in [0.29, 0.717) is 48.6 Å². The number of hydrogen-bond acceptors (Lipinski definition) is 7. The number of aromatic nitrogens is 3. The first kappa shape index (κ1) is 30.6. The van der Waals surface area contributed by atoms with Crippen LogP contribution in [0.2, 0.25) is 0 Å². The molecule has 242 valence electrons. The number of aryl methyl sites for hydroxylation is 1. The van der Waals surface area contributed by atoms with E-state index >= 15 is 4.39 Å². The van der Waals surface area contributed by atoms with Crippen molar-refractivity contribution in [3.05, 3.63) is 88.4 Å². The zero-order chi connectivity index (χ0) is 32.7. The molecule has 4 aromatic rings.